The lowest BCUT2D eigenvalue weighted by Crippen LogP contribution is -2.29. The molecule has 0 bridgehead atoms. The second kappa shape index (κ2) is 9.70. The molecule has 5 heteroatoms. The molecule has 0 aliphatic carbocycles. The van der Waals surface area contributed by atoms with E-state index in [1.165, 1.54) is 5.56 Å². The van der Waals surface area contributed by atoms with E-state index in [1.807, 2.05) is 49.5 Å². The summed E-state index contributed by atoms with van der Waals surface area (Å²) in [6, 6.07) is 13.9. The van der Waals surface area contributed by atoms with Crippen molar-refractivity contribution in [2.45, 2.75) is 19.3 Å². The summed E-state index contributed by atoms with van der Waals surface area (Å²) in [6.07, 6.45) is 1.98. The van der Waals surface area contributed by atoms with E-state index in [-0.39, 0.29) is 5.91 Å². The Labute approximate surface area is 155 Å². The summed E-state index contributed by atoms with van der Waals surface area (Å²) < 4.78 is 16.1. The molecule has 26 heavy (non-hydrogen) atoms. The van der Waals surface area contributed by atoms with Crippen molar-refractivity contribution in [3.8, 4) is 17.2 Å². The van der Waals surface area contributed by atoms with Gasteiger partial charge < -0.3 is 19.1 Å². The van der Waals surface area contributed by atoms with Crippen molar-refractivity contribution in [2.75, 3.05) is 34.9 Å². The molecule has 0 saturated carbocycles. The molecule has 0 fully saturated rings. The number of amides is 1. The van der Waals surface area contributed by atoms with Crippen LogP contribution in [0.5, 0.6) is 17.2 Å². The Morgan fingerprint density at radius 1 is 0.885 bits per heavy atom. The van der Waals surface area contributed by atoms with Gasteiger partial charge in [0.1, 0.15) is 0 Å². The minimum Gasteiger partial charge on any atom is -0.493 e. The van der Waals surface area contributed by atoms with Gasteiger partial charge in [0.2, 0.25) is 11.7 Å². The van der Waals surface area contributed by atoms with Gasteiger partial charge in [-0.2, -0.15) is 0 Å². The molecule has 1 amide bonds. The highest BCUT2D eigenvalue weighted by Crippen LogP contribution is 2.38. The number of nitrogens with zero attached hydrogens (tertiary/aromatic N) is 1. The van der Waals surface area contributed by atoms with Crippen molar-refractivity contribution < 1.29 is 19.0 Å². The fourth-order valence-electron chi connectivity index (χ4n) is 2.79. The Kier molecular flexibility index (Phi) is 7.33. The standard InChI is InChI=1S/C21H27NO4/c1-22(20(23)11-10-16-8-6-5-7-9-16)13-12-17-14-18(24-2)21(26-4)19(15-17)25-3/h5-9,14-15H,10-13H2,1-4H3. The topological polar surface area (TPSA) is 48.0 Å². The highest BCUT2D eigenvalue weighted by Gasteiger charge is 2.14. The molecule has 140 valence electrons. The molecule has 0 atom stereocenters. The van der Waals surface area contributed by atoms with E-state index in [4.69, 9.17) is 14.2 Å². The third kappa shape index (κ3) is 5.15. The van der Waals surface area contributed by atoms with Crippen molar-refractivity contribution in [2.24, 2.45) is 0 Å². The summed E-state index contributed by atoms with van der Waals surface area (Å²) in [5.74, 6) is 1.96. The van der Waals surface area contributed by atoms with Gasteiger partial charge in [0.05, 0.1) is 21.3 Å². The van der Waals surface area contributed by atoms with Crippen LogP contribution in [0.3, 0.4) is 0 Å². The van der Waals surface area contributed by atoms with Gasteiger partial charge in [-0.15, -0.1) is 0 Å². The lowest BCUT2D eigenvalue weighted by molar-refractivity contribution is -0.129. The van der Waals surface area contributed by atoms with Gasteiger partial charge in [-0.3, -0.25) is 4.79 Å². The van der Waals surface area contributed by atoms with Crippen molar-refractivity contribution in [1.29, 1.82) is 0 Å². The lowest BCUT2D eigenvalue weighted by atomic mass is 10.1. The average Bonchev–Trinajstić information content (AvgIpc) is 2.69. The fraction of sp³-hybridized carbons (Fsp3) is 0.381. The molecule has 0 unspecified atom stereocenters. The minimum absolute atomic E-state index is 0.140. The summed E-state index contributed by atoms with van der Waals surface area (Å²) in [5.41, 5.74) is 2.21. The average molecular weight is 357 g/mol. The molecular formula is C21H27NO4. The maximum Gasteiger partial charge on any atom is 0.222 e. The number of hydrogen-bond donors (Lipinski definition) is 0. The summed E-state index contributed by atoms with van der Waals surface area (Å²) in [5, 5.41) is 0. The first kappa shape index (κ1) is 19.6. The monoisotopic (exact) mass is 357 g/mol. The molecule has 2 aromatic rings. The summed E-state index contributed by atoms with van der Waals surface area (Å²) in [7, 11) is 6.62. The lowest BCUT2D eigenvalue weighted by Gasteiger charge is -2.18. The second-order valence-corrected chi connectivity index (χ2v) is 6.08. The Morgan fingerprint density at radius 3 is 2.04 bits per heavy atom. The second-order valence-electron chi connectivity index (χ2n) is 6.08. The quantitative estimate of drug-likeness (QED) is 0.691. The van der Waals surface area contributed by atoms with E-state index in [9.17, 15) is 4.79 Å². The minimum atomic E-state index is 0.140. The zero-order chi connectivity index (χ0) is 18.9. The van der Waals surface area contributed by atoms with Crippen molar-refractivity contribution >= 4 is 5.91 Å². The van der Waals surface area contributed by atoms with Crippen molar-refractivity contribution in [1.82, 2.24) is 4.90 Å². The van der Waals surface area contributed by atoms with E-state index in [2.05, 4.69) is 0 Å². The Bertz CT molecular complexity index is 690. The maximum atomic E-state index is 12.3. The number of aryl methyl sites for hydroxylation is 1. The first-order valence-corrected chi connectivity index (χ1v) is 8.65. The van der Waals surface area contributed by atoms with Crippen LogP contribution < -0.4 is 14.2 Å². The number of carbonyl (C=O) groups is 1. The molecular weight excluding hydrogens is 330 g/mol. The summed E-state index contributed by atoms with van der Waals surface area (Å²) >= 11 is 0. The van der Waals surface area contributed by atoms with Gasteiger partial charge in [0.25, 0.3) is 0 Å². The molecule has 0 saturated heterocycles. The largest absolute Gasteiger partial charge is 0.493 e. The highest BCUT2D eigenvalue weighted by molar-refractivity contribution is 5.76. The van der Waals surface area contributed by atoms with Crippen LogP contribution in [0.2, 0.25) is 0 Å². The number of methoxy groups -OCH3 is 3. The van der Waals surface area contributed by atoms with Crippen LogP contribution >= 0.6 is 0 Å². The zero-order valence-corrected chi connectivity index (χ0v) is 16.0. The van der Waals surface area contributed by atoms with E-state index < -0.39 is 0 Å². The van der Waals surface area contributed by atoms with E-state index >= 15 is 0 Å². The number of hydrogen-bond acceptors (Lipinski definition) is 4. The Morgan fingerprint density at radius 2 is 1.50 bits per heavy atom. The maximum absolute atomic E-state index is 12.3. The number of likely N-dealkylation sites (N-methyl/N-ethyl adjacent to an activating group) is 1. The highest BCUT2D eigenvalue weighted by atomic mass is 16.5. The van der Waals surface area contributed by atoms with Crippen molar-refractivity contribution in [3.63, 3.8) is 0 Å². The number of benzene rings is 2. The molecule has 0 N–H and O–H groups in total. The van der Waals surface area contributed by atoms with Crippen LogP contribution in [0.4, 0.5) is 0 Å². The van der Waals surface area contributed by atoms with Gasteiger partial charge >= 0.3 is 0 Å². The molecule has 0 heterocycles. The molecule has 0 radical (unpaired) electrons. The van der Waals surface area contributed by atoms with Gasteiger partial charge in [-0.25, -0.2) is 0 Å². The zero-order valence-electron chi connectivity index (χ0n) is 16.0. The van der Waals surface area contributed by atoms with Crippen LogP contribution in [-0.2, 0) is 17.6 Å². The van der Waals surface area contributed by atoms with Crippen LogP contribution in [0.25, 0.3) is 0 Å². The van der Waals surface area contributed by atoms with Crippen LogP contribution in [-0.4, -0.2) is 45.7 Å². The van der Waals surface area contributed by atoms with Crippen molar-refractivity contribution in [3.05, 3.63) is 53.6 Å². The molecule has 0 aromatic heterocycles. The van der Waals surface area contributed by atoms with Crippen LogP contribution in [0, 0.1) is 0 Å². The van der Waals surface area contributed by atoms with Crippen LogP contribution in [0.15, 0.2) is 42.5 Å². The normalized spacial score (nSPS) is 10.3. The predicted octanol–water partition coefficient (Wildman–Crippen LogP) is 3.35. The van der Waals surface area contributed by atoms with Crippen LogP contribution in [0.1, 0.15) is 17.5 Å². The Balaban J connectivity index is 1.93. The third-order valence-electron chi connectivity index (χ3n) is 4.36. The predicted molar refractivity (Wildman–Crippen MR) is 102 cm³/mol. The fourth-order valence-corrected chi connectivity index (χ4v) is 2.79. The third-order valence-corrected chi connectivity index (χ3v) is 4.36. The van der Waals surface area contributed by atoms with E-state index in [0.29, 0.717) is 36.6 Å². The summed E-state index contributed by atoms with van der Waals surface area (Å²) in [4.78, 5) is 14.1. The Hall–Kier alpha value is -2.69. The summed E-state index contributed by atoms with van der Waals surface area (Å²) in [6.45, 7) is 0.631. The molecule has 2 rings (SSSR count). The van der Waals surface area contributed by atoms with Gasteiger partial charge in [-0.1, -0.05) is 30.3 Å². The smallest absolute Gasteiger partial charge is 0.222 e. The van der Waals surface area contributed by atoms with Gasteiger partial charge in [-0.05, 0) is 36.1 Å². The molecule has 5 nitrogen and oxygen atoms in total. The number of ether oxygens (including phenoxy) is 3. The SMILES string of the molecule is COc1cc(CCN(C)C(=O)CCc2ccccc2)cc(OC)c1OC. The van der Waals surface area contributed by atoms with E-state index in [0.717, 1.165) is 12.0 Å². The first-order chi connectivity index (χ1) is 12.6. The first-order valence-electron chi connectivity index (χ1n) is 8.65. The molecule has 0 spiro atoms. The molecule has 0 aliphatic rings. The van der Waals surface area contributed by atoms with Gasteiger partial charge in [0, 0.05) is 20.0 Å². The number of carbonyl (C=O) groups excluding carboxylic acids is 1. The molecule has 0 aliphatic heterocycles. The van der Waals surface area contributed by atoms with Gasteiger partial charge in [0.15, 0.2) is 11.5 Å². The number of rotatable bonds is 9. The molecule has 2 aromatic carbocycles. The van der Waals surface area contributed by atoms with E-state index in [1.54, 1.807) is 26.2 Å².